The summed E-state index contributed by atoms with van der Waals surface area (Å²) in [6.45, 7) is 9.60. The lowest BCUT2D eigenvalue weighted by molar-refractivity contribution is 0.0296. The summed E-state index contributed by atoms with van der Waals surface area (Å²) >= 11 is 0. The van der Waals surface area contributed by atoms with Crippen molar-refractivity contribution in [2.45, 2.75) is 19.8 Å². The number of hydrogen-bond donors (Lipinski definition) is 0. The lowest BCUT2D eigenvalue weighted by Gasteiger charge is -2.38. The summed E-state index contributed by atoms with van der Waals surface area (Å²) in [5, 5.41) is 1.29. The number of ether oxygens (including phenoxy) is 1. The Balaban J connectivity index is 1.53. The zero-order valence-corrected chi connectivity index (χ0v) is 14.6. The van der Waals surface area contributed by atoms with E-state index in [-0.39, 0.29) is 0 Å². The molecule has 0 amide bonds. The molecule has 1 atom stereocenters. The molecule has 2 aliphatic rings. The van der Waals surface area contributed by atoms with E-state index in [9.17, 15) is 0 Å². The van der Waals surface area contributed by atoms with Crippen LogP contribution in [0, 0.1) is 12.8 Å². The van der Waals surface area contributed by atoms with Crippen LogP contribution < -0.4 is 4.90 Å². The molecule has 1 aromatic carbocycles. The topological polar surface area (TPSA) is 28.6 Å². The van der Waals surface area contributed by atoms with Gasteiger partial charge < -0.3 is 9.64 Å². The SMILES string of the molecule is Cc1cc(N2CCCC(CN3CCOCC3)C2)c2ccccc2n1. The normalized spacial score (nSPS) is 22.9. The van der Waals surface area contributed by atoms with Gasteiger partial charge in [0.1, 0.15) is 0 Å². The molecule has 3 heterocycles. The number of aryl methyl sites for hydroxylation is 1. The Morgan fingerprint density at radius 3 is 2.88 bits per heavy atom. The third-order valence-corrected chi connectivity index (χ3v) is 5.30. The van der Waals surface area contributed by atoms with Crippen LogP contribution in [-0.4, -0.2) is 55.8 Å². The molecular formula is C20H27N3O. The number of anilines is 1. The fourth-order valence-electron chi connectivity index (χ4n) is 4.13. The zero-order chi connectivity index (χ0) is 16.4. The van der Waals surface area contributed by atoms with Gasteiger partial charge in [-0.05, 0) is 37.8 Å². The predicted molar refractivity (Wildman–Crippen MR) is 98.7 cm³/mol. The summed E-state index contributed by atoms with van der Waals surface area (Å²) in [6.07, 6.45) is 2.63. The molecule has 0 radical (unpaired) electrons. The minimum atomic E-state index is 0.754. The van der Waals surface area contributed by atoms with Gasteiger partial charge in [0.05, 0.1) is 18.7 Å². The smallest absolute Gasteiger partial charge is 0.0726 e. The highest BCUT2D eigenvalue weighted by atomic mass is 16.5. The van der Waals surface area contributed by atoms with Crippen LogP contribution in [0.1, 0.15) is 18.5 Å². The summed E-state index contributed by atoms with van der Waals surface area (Å²) in [4.78, 5) is 9.86. The first-order valence-electron chi connectivity index (χ1n) is 9.21. The molecule has 0 aliphatic carbocycles. The minimum Gasteiger partial charge on any atom is -0.379 e. The second-order valence-electron chi connectivity index (χ2n) is 7.17. The van der Waals surface area contributed by atoms with Crippen LogP contribution in [0.3, 0.4) is 0 Å². The van der Waals surface area contributed by atoms with E-state index in [1.54, 1.807) is 0 Å². The van der Waals surface area contributed by atoms with Crippen molar-refractivity contribution in [1.29, 1.82) is 0 Å². The average molecular weight is 325 g/mol. The summed E-state index contributed by atoms with van der Waals surface area (Å²) in [7, 11) is 0. The van der Waals surface area contributed by atoms with Crippen molar-refractivity contribution < 1.29 is 4.74 Å². The molecule has 128 valence electrons. The lowest BCUT2D eigenvalue weighted by atomic mass is 9.96. The van der Waals surface area contributed by atoms with E-state index in [2.05, 4.69) is 47.1 Å². The highest BCUT2D eigenvalue weighted by Crippen LogP contribution is 2.30. The number of rotatable bonds is 3. The van der Waals surface area contributed by atoms with Crippen LogP contribution in [0.4, 0.5) is 5.69 Å². The van der Waals surface area contributed by atoms with Gasteiger partial charge in [0, 0.05) is 49.5 Å². The number of hydrogen-bond acceptors (Lipinski definition) is 4. The molecule has 4 rings (SSSR count). The third kappa shape index (κ3) is 3.40. The maximum atomic E-state index is 5.48. The van der Waals surface area contributed by atoms with Gasteiger partial charge in [-0.15, -0.1) is 0 Å². The second-order valence-corrected chi connectivity index (χ2v) is 7.17. The van der Waals surface area contributed by atoms with Crippen LogP contribution >= 0.6 is 0 Å². The van der Waals surface area contributed by atoms with Crippen LogP contribution in [0.25, 0.3) is 10.9 Å². The minimum absolute atomic E-state index is 0.754. The van der Waals surface area contributed by atoms with Crippen LogP contribution in [0.5, 0.6) is 0 Å². The molecule has 0 bridgehead atoms. The number of fused-ring (bicyclic) bond motifs is 1. The summed E-state index contributed by atoms with van der Waals surface area (Å²) in [6, 6.07) is 10.8. The van der Waals surface area contributed by atoms with Crippen molar-refractivity contribution in [3.8, 4) is 0 Å². The first-order valence-corrected chi connectivity index (χ1v) is 9.21. The lowest BCUT2D eigenvalue weighted by Crippen LogP contribution is -2.44. The fraction of sp³-hybridized carbons (Fsp3) is 0.550. The molecule has 0 spiro atoms. The molecule has 1 unspecified atom stereocenters. The highest BCUT2D eigenvalue weighted by Gasteiger charge is 2.24. The molecule has 2 saturated heterocycles. The first-order chi connectivity index (χ1) is 11.8. The Morgan fingerprint density at radius 1 is 1.17 bits per heavy atom. The van der Waals surface area contributed by atoms with Crippen molar-refractivity contribution >= 4 is 16.6 Å². The van der Waals surface area contributed by atoms with Crippen LogP contribution in [0.15, 0.2) is 30.3 Å². The van der Waals surface area contributed by atoms with Crippen molar-refractivity contribution in [3.63, 3.8) is 0 Å². The monoisotopic (exact) mass is 325 g/mol. The van der Waals surface area contributed by atoms with E-state index in [1.807, 2.05) is 0 Å². The Kier molecular flexibility index (Phi) is 4.67. The van der Waals surface area contributed by atoms with E-state index in [0.717, 1.165) is 56.5 Å². The number of para-hydroxylation sites is 1. The molecule has 1 aromatic heterocycles. The predicted octanol–water partition coefficient (Wildman–Crippen LogP) is 3.09. The van der Waals surface area contributed by atoms with E-state index < -0.39 is 0 Å². The summed E-state index contributed by atoms with van der Waals surface area (Å²) in [5.41, 5.74) is 3.59. The van der Waals surface area contributed by atoms with Gasteiger partial charge in [0.25, 0.3) is 0 Å². The van der Waals surface area contributed by atoms with Gasteiger partial charge in [0.15, 0.2) is 0 Å². The second kappa shape index (κ2) is 7.08. The Labute approximate surface area is 144 Å². The number of morpholine rings is 1. The zero-order valence-electron chi connectivity index (χ0n) is 14.6. The van der Waals surface area contributed by atoms with Crippen molar-refractivity contribution in [3.05, 3.63) is 36.0 Å². The van der Waals surface area contributed by atoms with E-state index in [4.69, 9.17) is 9.72 Å². The van der Waals surface area contributed by atoms with Crippen molar-refractivity contribution in [1.82, 2.24) is 9.88 Å². The number of pyridine rings is 1. The van der Waals surface area contributed by atoms with E-state index >= 15 is 0 Å². The Bertz CT molecular complexity index is 696. The Hall–Kier alpha value is -1.65. The van der Waals surface area contributed by atoms with Crippen LogP contribution in [0.2, 0.25) is 0 Å². The molecule has 4 heteroatoms. The van der Waals surface area contributed by atoms with Crippen molar-refractivity contribution in [2.75, 3.05) is 50.8 Å². The number of benzene rings is 1. The fourth-order valence-corrected chi connectivity index (χ4v) is 4.13. The molecule has 2 aliphatic heterocycles. The molecule has 0 N–H and O–H groups in total. The van der Waals surface area contributed by atoms with E-state index in [1.165, 1.54) is 30.5 Å². The maximum absolute atomic E-state index is 5.48. The van der Waals surface area contributed by atoms with Crippen molar-refractivity contribution in [2.24, 2.45) is 5.92 Å². The molecule has 2 fully saturated rings. The first kappa shape index (κ1) is 15.9. The average Bonchev–Trinajstić information content (AvgIpc) is 2.62. The standard InChI is InChI=1S/C20H27N3O/c1-16-13-20(18-6-2-3-7-19(18)21-16)23-8-4-5-17(15-23)14-22-9-11-24-12-10-22/h2-3,6-7,13,17H,4-5,8-12,14-15H2,1H3. The van der Waals surface area contributed by atoms with E-state index in [0.29, 0.717) is 0 Å². The van der Waals surface area contributed by atoms with Gasteiger partial charge in [-0.25, -0.2) is 0 Å². The van der Waals surface area contributed by atoms with Gasteiger partial charge in [-0.2, -0.15) is 0 Å². The van der Waals surface area contributed by atoms with Gasteiger partial charge >= 0.3 is 0 Å². The third-order valence-electron chi connectivity index (χ3n) is 5.30. The van der Waals surface area contributed by atoms with Gasteiger partial charge in [-0.1, -0.05) is 18.2 Å². The highest BCUT2D eigenvalue weighted by molar-refractivity contribution is 5.92. The number of piperidine rings is 1. The summed E-state index contributed by atoms with van der Waals surface area (Å²) < 4.78 is 5.48. The molecular weight excluding hydrogens is 298 g/mol. The van der Waals surface area contributed by atoms with Gasteiger partial charge in [0.2, 0.25) is 0 Å². The quantitative estimate of drug-likeness (QED) is 0.867. The van der Waals surface area contributed by atoms with Crippen LogP contribution in [-0.2, 0) is 4.74 Å². The molecule has 0 saturated carbocycles. The Morgan fingerprint density at radius 2 is 2.00 bits per heavy atom. The molecule has 4 nitrogen and oxygen atoms in total. The number of nitrogens with zero attached hydrogens (tertiary/aromatic N) is 3. The number of aromatic nitrogens is 1. The summed E-state index contributed by atoms with van der Waals surface area (Å²) in [5.74, 6) is 0.754. The largest absolute Gasteiger partial charge is 0.379 e. The van der Waals surface area contributed by atoms with Gasteiger partial charge in [-0.3, -0.25) is 9.88 Å². The molecule has 24 heavy (non-hydrogen) atoms. The maximum Gasteiger partial charge on any atom is 0.0726 e. The molecule has 2 aromatic rings.